The van der Waals surface area contributed by atoms with Crippen LogP contribution >= 0.6 is 0 Å². The summed E-state index contributed by atoms with van der Waals surface area (Å²) in [5.74, 6) is -1.08. The highest BCUT2D eigenvalue weighted by atomic mass is 19.4. The number of hydrogen-bond acceptors (Lipinski definition) is 4. The largest absolute Gasteiger partial charge is 0.508 e. The van der Waals surface area contributed by atoms with Gasteiger partial charge in [0.05, 0.1) is 12.1 Å². The van der Waals surface area contributed by atoms with Gasteiger partial charge in [-0.15, -0.1) is 0 Å². The lowest BCUT2D eigenvalue weighted by molar-refractivity contribution is -0.138. The smallest absolute Gasteiger partial charge is 0.417 e. The highest BCUT2D eigenvalue weighted by molar-refractivity contribution is 5.99. The van der Waals surface area contributed by atoms with Crippen molar-refractivity contribution >= 4 is 5.78 Å². The molecule has 0 atom stereocenters. The third-order valence-electron chi connectivity index (χ3n) is 3.57. The molecule has 116 valence electrons. The zero-order chi connectivity index (χ0) is 15.6. The van der Waals surface area contributed by atoms with Crippen LogP contribution in [0.2, 0.25) is 0 Å². The third kappa shape index (κ3) is 3.95. The number of likely N-dealkylation sites (N-methyl/N-ethyl adjacent to an activating group) is 1. The zero-order valence-corrected chi connectivity index (χ0v) is 11.7. The number of ketones is 1. The maximum Gasteiger partial charge on any atom is 0.417 e. The van der Waals surface area contributed by atoms with Crippen molar-refractivity contribution in [2.45, 2.75) is 6.18 Å². The van der Waals surface area contributed by atoms with Crippen molar-refractivity contribution in [3.63, 3.8) is 0 Å². The fraction of sp³-hybridized carbons (Fsp3) is 0.500. The molecule has 4 nitrogen and oxygen atoms in total. The van der Waals surface area contributed by atoms with Crippen LogP contribution in [-0.2, 0) is 6.18 Å². The van der Waals surface area contributed by atoms with E-state index in [0.29, 0.717) is 19.2 Å². The molecular formula is C14H17F3N2O2. The van der Waals surface area contributed by atoms with Gasteiger partial charge in [0.2, 0.25) is 0 Å². The Morgan fingerprint density at radius 2 is 1.86 bits per heavy atom. The molecule has 1 N–H and O–H groups in total. The van der Waals surface area contributed by atoms with Gasteiger partial charge in [0.25, 0.3) is 0 Å². The second-order valence-electron chi connectivity index (χ2n) is 5.23. The van der Waals surface area contributed by atoms with Crippen molar-refractivity contribution in [2.24, 2.45) is 0 Å². The summed E-state index contributed by atoms with van der Waals surface area (Å²) in [5.41, 5.74) is -1.47. The van der Waals surface area contributed by atoms with E-state index >= 15 is 0 Å². The molecule has 1 aromatic carbocycles. The number of rotatable bonds is 3. The number of alkyl halides is 3. The summed E-state index contributed by atoms with van der Waals surface area (Å²) in [4.78, 5) is 16.1. The molecule has 1 heterocycles. The minimum absolute atomic E-state index is 0.0400. The first-order valence-electron chi connectivity index (χ1n) is 6.61. The number of halogens is 3. The quantitative estimate of drug-likeness (QED) is 0.865. The standard InChI is InChI=1S/C14H17F3N2O2/c1-18-4-6-19(7-5-18)9-13(21)11-3-2-10(20)8-12(11)14(15,16)17/h2-3,8,20H,4-7,9H2,1H3. The molecule has 7 heteroatoms. The normalized spacial score (nSPS) is 17.9. The molecule has 0 bridgehead atoms. The monoisotopic (exact) mass is 302 g/mol. The predicted octanol–water partition coefficient (Wildman–Crippen LogP) is 1.84. The van der Waals surface area contributed by atoms with Crippen LogP contribution in [-0.4, -0.2) is 60.5 Å². The number of phenols is 1. The SMILES string of the molecule is CN1CCN(CC(=O)c2ccc(O)cc2C(F)(F)F)CC1. The molecule has 1 aliphatic rings. The van der Waals surface area contributed by atoms with Gasteiger partial charge in [0, 0.05) is 31.7 Å². The first-order chi connectivity index (χ1) is 9.77. The van der Waals surface area contributed by atoms with Gasteiger partial charge in [-0.1, -0.05) is 0 Å². The van der Waals surface area contributed by atoms with Gasteiger partial charge < -0.3 is 10.0 Å². The Morgan fingerprint density at radius 3 is 2.43 bits per heavy atom. The van der Waals surface area contributed by atoms with E-state index in [-0.39, 0.29) is 12.1 Å². The van der Waals surface area contributed by atoms with E-state index in [1.54, 1.807) is 0 Å². The van der Waals surface area contributed by atoms with E-state index in [4.69, 9.17) is 0 Å². The molecule has 0 saturated carbocycles. The van der Waals surface area contributed by atoms with Gasteiger partial charge in [0.15, 0.2) is 5.78 Å². The highest BCUT2D eigenvalue weighted by Gasteiger charge is 2.35. The molecule has 0 aromatic heterocycles. The predicted molar refractivity (Wildman–Crippen MR) is 71.4 cm³/mol. The van der Waals surface area contributed by atoms with Crippen molar-refractivity contribution in [3.8, 4) is 5.75 Å². The van der Waals surface area contributed by atoms with E-state index in [1.807, 2.05) is 11.9 Å². The molecule has 0 amide bonds. The van der Waals surface area contributed by atoms with E-state index in [2.05, 4.69) is 4.90 Å². The molecule has 1 aromatic rings. The Morgan fingerprint density at radius 1 is 1.24 bits per heavy atom. The Balaban J connectivity index is 2.16. The van der Waals surface area contributed by atoms with Gasteiger partial charge in [-0.05, 0) is 25.2 Å². The van der Waals surface area contributed by atoms with Gasteiger partial charge in [-0.25, -0.2) is 0 Å². The van der Waals surface area contributed by atoms with Crippen molar-refractivity contribution in [3.05, 3.63) is 29.3 Å². The second-order valence-corrected chi connectivity index (χ2v) is 5.23. The Labute approximate surface area is 120 Å². The fourth-order valence-corrected chi connectivity index (χ4v) is 2.30. The van der Waals surface area contributed by atoms with Crippen molar-refractivity contribution in [2.75, 3.05) is 39.8 Å². The third-order valence-corrected chi connectivity index (χ3v) is 3.57. The zero-order valence-electron chi connectivity index (χ0n) is 11.7. The van der Waals surface area contributed by atoms with Gasteiger partial charge in [-0.3, -0.25) is 9.69 Å². The lowest BCUT2D eigenvalue weighted by atomic mass is 10.0. The fourth-order valence-electron chi connectivity index (χ4n) is 2.30. The van der Waals surface area contributed by atoms with E-state index in [1.165, 1.54) is 0 Å². The average Bonchev–Trinajstić information content (AvgIpc) is 2.40. The van der Waals surface area contributed by atoms with Crippen molar-refractivity contribution in [1.82, 2.24) is 9.80 Å². The molecule has 0 unspecified atom stereocenters. The van der Waals surface area contributed by atoms with Crippen LogP contribution in [0.4, 0.5) is 13.2 Å². The number of piperazine rings is 1. The summed E-state index contributed by atoms with van der Waals surface area (Å²) in [6.07, 6.45) is -4.66. The second kappa shape index (κ2) is 6.03. The van der Waals surface area contributed by atoms with E-state index in [9.17, 15) is 23.1 Å². The summed E-state index contributed by atoms with van der Waals surface area (Å²) >= 11 is 0. The number of carbonyl (C=O) groups excluding carboxylic acids is 1. The van der Waals surface area contributed by atoms with Crippen molar-refractivity contribution in [1.29, 1.82) is 0 Å². The average molecular weight is 302 g/mol. The number of carbonyl (C=O) groups is 1. The number of hydrogen-bond donors (Lipinski definition) is 1. The maximum atomic E-state index is 12.9. The van der Waals surface area contributed by atoms with Crippen LogP contribution in [0.5, 0.6) is 5.75 Å². The molecule has 1 saturated heterocycles. The van der Waals surface area contributed by atoms with Crippen LogP contribution in [0.3, 0.4) is 0 Å². The topological polar surface area (TPSA) is 43.8 Å². The maximum absolute atomic E-state index is 12.9. The molecule has 1 fully saturated rings. The van der Waals surface area contributed by atoms with Gasteiger partial charge >= 0.3 is 6.18 Å². The first-order valence-corrected chi connectivity index (χ1v) is 6.61. The minimum atomic E-state index is -4.66. The Kier molecular flexibility index (Phi) is 4.53. The molecule has 0 spiro atoms. The lowest BCUT2D eigenvalue weighted by Crippen LogP contribution is -2.46. The number of Topliss-reactive ketones (excluding diaryl/α,β-unsaturated/α-hetero) is 1. The van der Waals surface area contributed by atoms with Crippen LogP contribution in [0.25, 0.3) is 0 Å². The van der Waals surface area contributed by atoms with Gasteiger partial charge in [0.1, 0.15) is 5.75 Å². The molecule has 1 aliphatic heterocycles. The Bertz CT molecular complexity index is 523. The molecule has 0 radical (unpaired) electrons. The van der Waals surface area contributed by atoms with Crippen LogP contribution in [0, 0.1) is 0 Å². The molecule has 0 aliphatic carbocycles. The Hall–Kier alpha value is -1.60. The number of benzene rings is 1. The van der Waals surface area contributed by atoms with Crippen LogP contribution in [0.1, 0.15) is 15.9 Å². The highest BCUT2D eigenvalue weighted by Crippen LogP contribution is 2.34. The summed E-state index contributed by atoms with van der Waals surface area (Å²) in [5, 5.41) is 9.21. The summed E-state index contributed by atoms with van der Waals surface area (Å²) in [6, 6.07) is 2.74. The number of phenolic OH excluding ortho intramolecular Hbond substituents is 1. The summed E-state index contributed by atoms with van der Waals surface area (Å²) < 4.78 is 38.8. The molecule has 21 heavy (non-hydrogen) atoms. The van der Waals surface area contributed by atoms with Crippen molar-refractivity contribution < 1.29 is 23.1 Å². The van der Waals surface area contributed by atoms with Gasteiger partial charge in [-0.2, -0.15) is 13.2 Å². The van der Waals surface area contributed by atoms with E-state index < -0.39 is 23.3 Å². The number of nitrogens with zero attached hydrogens (tertiary/aromatic N) is 2. The number of aromatic hydroxyl groups is 1. The first kappa shape index (κ1) is 15.8. The van der Waals surface area contributed by atoms with Crippen LogP contribution < -0.4 is 0 Å². The molecular weight excluding hydrogens is 285 g/mol. The minimum Gasteiger partial charge on any atom is -0.508 e. The van der Waals surface area contributed by atoms with E-state index in [0.717, 1.165) is 25.2 Å². The molecule has 2 rings (SSSR count). The summed E-state index contributed by atoms with van der Waals surface area (Å²) in [6.45, 7) is 2.84. The lowest BCUT2D eigenvalue weighted by Gasteiger charge is -2.31. The van der Waals surface area contributed by atoms with Crippen LogP contribution in [0.15, 0.2) is 18.2 Å². The summed E-state index contributed by atoms with van der Waals surface area (Å²) in [7, 11) is 1.96.